The molecule has 0 saturated carbocycles. The van der Waals surface area contributed by atoms with Crippen molar-refractivity contribution in [1.29, 1.82) is 0 Å². The Balaban J connectivity index is 2.32. The molecule has 0 amide bonds. The van der Waals surface area contributed by atoms with Crippen molar-refractivity contribution >= 4 is 11.3 Å². The monoisotopic (exact) mass is 277 g/mol. The molecule has 1 heterocycles. The first-order valence-corrected chi connectivity index (χ1v) is 7.26. The van der Waals surface area contributed by atoms with E-state index >= 15 is 0 Å². The van der Waals surface area contributed by atoms with Crippen LogP contribution in [0.2, 0.25) is 0 Å². The molecule has 0 radical (unpaired) electrons. The molecule has 1 aromatic carbocycles. The molecular formula is C16H20FNS. The van der Waals surface area contributed by atoms with Crippen molar-refractivity contribution < 1.29 is 4.39 Å². The Hall–Kier alpha value is -1.19. The maximum absolute atomic E-state index is 13.0. The number of halogens is 1. The van der Waals surface area contributed by atoms with E-state index in [0.29, 0.717) is 0 Å². The minimum absolute atomic E-state index is 0.127. The summed E-state index contributed by atoms with van der Waals surface area (Å²) in [6.07, 6.45) is 0. The second-order valence-corrected chi connectivity index (χ2v) is 6.84. The lowest BCUT2D eigenvalue weighted by molar-refractivity contribution is 0.604. The molecule has 2 rings (SSSR count). The molecule has 1 aromatic heterocycles. The molecule has 3 heteroatoms. The van der Waals surface area contributed by atoms with Crippen LogP contribution in [0, 0.1) is 5.82 Å². The first-order valence-electron chi connectivity index (χ1n) is 6.45. The number of benzene rings is 1. The summed E-state index contributed by atoms with van der Waals surface area (Å²) < 4.78 is 13.0. The second kappa shape index (κ2) is 5.43. The molecule has 1 N–H and O–H groups in total. The lowest BCUT2D eigenvalue weighted by Crippen LogP contribution is -2.16. The van der Waals surface area contributed by atoms with Gasteiger partial charge < -0.3 is 5.32 Å². The molecule has 0 spiro atoms. The highest BCUT2D eigenvalue weighted by Gasteiger charge is 2.20. The first-order chi connectivity index (χ1) is 8.91. The van der Waals surface area contributed by atoms with Gasteiger partial charge in [0.25, 0.3) is 0 Å². The van der Waals surface area contributed by atoms with Crippen LogP contribution in [0.15, 0.2) is 36.4 Å². The van der Waals surface area contributed by atoms with E-state index in [0.717, 1.165) is 5.56 Å². The average molecular weight is 277 g/mol. The fourth-order valence-corrected chi connectivity index (χ4v) is 3.24. The van der Waals surface area contributed by atoms with Crippen LogP contribution in [0.25, 0.3) is 0 Å². The molecule has 1 atom stereocenters. The van der Waals surface area contributed by atoms with Gasteiger partial charge in [-0.15, -0.1) is 11.3 Å². The average Bonchev–Trinajstić information content (AvgIpc) is 2.82. The molecule has 1 nitrogen and oxygen atoms in total. The summed E-state index contributed by atoms with van der Waals surface area (Å²) in [7, 11) is 1.94. The number of nitrogens with one attached hydrogen (secondary N) is 1. The van der Waals surface area contributed by atoms with E-state index in [1.807, 2.05) is 30.5 Å². The third-order valence-corrected chi connectivity index (χ3v) is 4.72. The molecule has 0 aliphatic carbocycles. The summed E-state index contributed by atoms with van der Waals surface area (Å²) >= 11 is 1.82. The Kier molecular flexibility index (Phi) is 4.07. The van der Waals surface area contributed by atoms with Gasteiger partial charge in [-0.1, -0.05) is 32.9 Å². The third kappa shape index (κ3) is 3.23. The molecule has 0 fully saturated rings. The van der Waals surface area contributed by atoms with Crippen LogP contribution >= 0.6 is 11.3 Å². The summed E-state index contributed by atoms with van der Waals surface area (Å²) in [5.74, 6) is -0.194. The van der Waals surface area contributed by atoms with Crippen molar-refractivity contribution in [3.8, 4) is 0 Å². The number of thiophene rings is 1. The smallest absolute Gasteiger partial charge is 0.123 e. The first kappa shape index (κ1) is 14.2. The molecular weight excluding hydrogens is 257 g/mol. The van der Waals surface area contributed by atoms with Crippen molar-refractivity contribution in [1.82, 2.24) is 5.32 Å². The Morgan fingerprint density at radius 1 is 1.05 bits per heavy atom. The van der Waals surface area contributed by atoms with Crippen LogP contribution in [0.1, 0.15) is 42.1 Å². The molecule has 0 aliphatic rings. The van der Waals surface area contributed by atoms with E-state index < -0.39 is 0 Å². The summed E-state index contributed by atoms with van der Waals surface area (Å²) in [6, 6.07) is 11.2. The van der Waals surface area contributed by atoms with E-state index in [-0.39, 0.29) is 17.3 Å². The van der Waals surface area contributed by atoms with Crippen molar-refractivity contribution in [2.45, 2.75) is 32.2 Å². The van der Waals surface area contributed by atoms with E-state index in [2.05, 4.69) is 38.2 Å². The normalized spacial score (nSPS) is 13.5. The minimum Gasteiger partial charge on any atom is -0.309 e. The highest BCUT2D eigenvalue weighted by Crippen LogP contribution is 2.34. The summed E-state index contributed by atoms with van der Waals surface area (Å²) in [5.41, 5.74) is 1.26. The fraction of sp³-hybridized carbons (Fsp3) is 0.375. The van der Waals surface area contributed by atoms with E-state index in [9.17, 15) is 4.39 Å². The van der Waals surface area contributed by atoms with Gasteiger partial charge in [0.1, 0.15) is 5.82 Å². The number of hydrogen-bond acceptors (Lipinski definition) is 2. The predicted molar refractivity (Wildman–Crippen MR) is 80.3 cm³/mol. The highest BCUT2D eigenvalue weighted by atomic mass is 32.1. The Morgan fingerprint density at radius 3 is 2.16 bits per heavy atom. The summed E-state index contributed by atoms with van der Waals surface area (Å²) in [6.45, 7) is 6.65. The maximum Gasteiger partial charge on any atom is 0.123 e. The fourth-order valence-electron chi connectivity index (χ4n) is 2.04. The quantitative estimate of drug-likeness (QED) is 0.871. The molecule has 0 bridgehead atoms. The summed E-state index contributed by atoms with van der Waals surface area (Å²) in [5, 5.41) is 3.31. The van der Waals surface area contributed by atoms with Crippen molar-refractivity contribution in [2.75, 3.05) is 7.05 Å². The lowest BCUT2D eigenvalue weighted by atomic mass is 9.95. The van der Waals surface area contributed by atoms with Crippen LogP contribution in [-0.2, 0) is 5.41 Å². The van der Waals surface area contributed by atoms with Gasteiger partial charge in [-0.05, 0) is 42.3 Å². The molecule has 0 saturated heterocycles. The van der Waals surface area contributed by atoms with Crippen LogP contribution in [0.5, 0.6) is 0 Å². The van der Waals surface area contributed by atoms with Gasteiger partial charge in [0.15, 0.2) is 0 Å². The third-order valence-electron chi connectivity index (χ3n) is 3.14. The van der Waals surface area contributed by atoms with Gasteiger partial charge in [0.2, 0.25) is 0 Å². The standard InChI is InChI=1S/C16H20FNS/c1-16(2,3)14-10-9-13(19-14)15(18-4)11-5-7-12(17)8-6-11/h5-10,15,18H,1-4H3. The van der Waals surface area contributed by atoms with Crippen molar-refractivity contribution in [2.24, 2.45) is 0 Å². The molecule has 0 aliphatic heterocycles. The Labute approximate surface area is 118 Å². The van der Waals surface area contributed by atoms with Gasteiger partial charge >= 0.3 is 0 Å². The maximum atomic E-state index is 13.0. The number of hydrogen-bond donors (Lipinski definition) is 1. The Morgan fingerprint density at radius 2 is 1.68 bits per heavy atom. The largest absolute Gasteiger partial charge is 0.309 e. The van der Waals surface area contributed by atoms with E-state index in [1.165, 1.54) is 21.9 Å². The van der Waals surface area contributed by atoms with Gasteiger partial charge in [-0.3, -0.25) is 0 Å². The zero-order valence-electron chi connectivity index (χ0n) is 11.8. The van der Waals surface area contributed by atoms with E-state index in [1.54, 1.807) is 0 Å². The second-order valence-electron chi connectivity index (χ2n) is 5.73. The van der Waals surface area contributed by atoms with Gasteiger partial charge in [-0.25, -0.2) is 4.39 Å². The lowest BCUT2D eigenvalue weighted by Gasteiger charge is -2.17. The zero-order chi connectivity index (χ0) is 14.0. The number of rotatable bonds is 3. The van der Waals surface area contributed by atoms with Gasteiger partial charge in [0, 0.05) is 9.75 Å². The van der Waals surface area contributed by atoms with E-state index in [4.69, 9.17) is 0 Å². The van der Waals surface area contributed by atoms with Crippen LogP contribution in [-0.4, -0.2) is 7.05 Å². The van der Waals surface area contributed by atoms with Gasteiger partial charge in [0.05, 0.1) is 6.04 Å². The minimum atomic E-state index is -0.194. The molecule has 2 aromatic rings. The van der Waals surface area contributed by atoms with Crippen LogP contribution < -0.4 is 5.32 Å². The van der Waals surface area contributed by atoms with Crippen molar-refractivity contribution in [3.05, 3.63) is 57.5 Å². The Bertz CT molecular complexity index is 537. The highest BCUT2D eigenvalue weighted by molar-refractivity contribution is 7.12. The van der Waals surface area contributed by atoms with Crippen LogP contribution in [0.4, 0.5) is 4.39 Å². The predicted octanol–water partition coefficient (Wildman–Crippen LogP) is 4.49. The molecule has 19 heavy (non-hydrogen) atoms. The topological polar surface area (TPSA) is 12.0 Å². The summed E-state index contributed by atoms with van der Waals surface area (Å²) in [4.78, 5) is 2.63. The van der Waals surface area contributed by atoms with Gasteiger partial charge in [-0.2, -0.15) is 0 Å². The van der Waals surface area contributed by atoms with Crippen molar-refractivity contribution in [3.63, 3.8) is 0 Å². The molecule has 102 valence electrons. The van der Waals surface area contributed by atoms with Crippen LogP contribution in [0.3, 0.4) is 0 Å². The SMILES string of the molecule is CNC(c1ccc(F)cc1)c1ccc(C(C)(C)C)s1. The molecule has 1 unspecified atom stereocenters. The zero-order valence-corrected chi connectivity index (χ0v) is 12.6.